The molecule has 6 rings (SSSR count). The van der Waals surface area contributed by atoms with Crippen molar-refractivity contribution in [3.63, 3.8) is 0 Å². The summed E-state index contributed by atoms with van der Waals surface area (Å²) in [6, 6.07) is 11.5. The molecule has 0 amide bonds. The second kappa shape index (κ2) is 6.32. The van der Waals surface area contributed by atoms with Crippen molar-refractivity contribution in [3.05, 3.63) is 71.5 Å². The number of halogens is 3. The molecule has 32 heavy (non-hydrogen) atoms. The summed E-state index contributed by atoms with van der Waals surface area (Å²) in [5.41, 5.74) is 5.33. The minimum Gasteiger partial charge on any atom is -0.354 e. The van der Waals surface area contributed by atoms with Crippen LogP contribution >= 0.6 is 0 Å². The molecule has 0 aliphatic rings. The van der Waals surface area contributed by atoms with Crippen molar-refractivity contribution in [2.45, 2.75) is 20.0 Å². The van der Waals surface area contributed by atoms with Gasteiger partial charge in [-0.1, -0.05) is 0 Å². The maximum Gasteiger partial charge on any atom is 0.416 e. The van der Waals surface area contributed by atoms with Crippen LogP contribution in [0.1, 0.15) is 16.7 Å². The van der Waals surface area contributed by atoms with Gasteiger partial charge in [0.1, 0.15) is 5.82 Å². The Morgan fingerprint density at radius 1 is 0.812 bits per heavy atom. The Labute approximate surface area is 180 Å². The van der Waals surface area contributed by atoms with Gasteiger partial charge in [0.05, 0.1) is 22.1 Å². The number of nitrogens with zero attached hydrogens (tertiary/aromatic N) is 2. The highest BCUT2D eigenvalue weighted by atomic mass is 19.4. The van der Waals surface area contributed by atoms with Crippen LogP contribution in [0.15, 0.2) is 54.9 Å². The van der Waals surface area contributed by atoms with Gasteiger partial charge >= 0.3 is 6.18 Å². The predicted octanol–water partition coefficient (Wildman–Crippen LogP) is 7.05. The molecule has 0 atom stereocenters. The molecule has 0 aliphatic heterocycles. The molecule has 2 N–H and O–H groups in total. The fourth-order valence-corrected chi connectivity index (χ4v) is 4.62. The summed E-state index contributed by atoms with van der Waals surface area (Å²) in [5.74, 6) is 0.535. The van der Waals surface area contributed by atoms with Crippen LogP contribution in [0.5, 0.6) is 0 Å². The number of rotatable bonds is 1. The number of hydrogen-bond acceptors (Lipinski definition) is 2. The maximum absolute atomic E-state index is 13.1. The SMILES string of the molecule is Cc1c2ccncc2c(C)c2c1[nH]c1ccc(-c3nc4ccc(C(F)(F)F)cc4[nH]3)cc12. The molecule has 3 aromatic heterocycles. The molecule has 3 heterocycles. The number of benzene rings is 3. The Bertz CT molecular complexity index is 1690. The maximum atomic E-state index is 13.1. The Hall–Kier alpha value is -3.87. The lowest BCUT2D eigenvalue weighted by atomic mass is 9.96. The second-order valence-electron chi connectivity index (χ2n) is 8.12. The first-order valence-electron chi connectivity index (χ1n) is 10.2. The molecule has 158 valence electrons. The summed E-state index contributed by atoms with van der Waals surface area (Å²) >= 11 is 0. The van der Waals surface area contributed by atoms with Gasteiger partial charge in [0, 0.05) is 39.6 Å². The normalized spacial score (nSPS) is 12.5. The van der Waals surface area contributed by atoms with Crippen molar-refractivity contribution in [2.75, 3.05) is 0 Å². The van der Waals surface area contributed by atoms with Crippen molar-refractivity contribution < 1.29 is 13.2 Å². The zero-order chi connectivity index (χ0) is 22.2. The third-order valence-electron chi connectivity index (χ3n) is 6.26. The summed E-state index contributed by atoms with van der Waals surface area (Å²) in [6.07, 6.45) is -0.708. The third kappa shape index (κ3) is 2.64. The van der Waals surface area contributed by atoms with Crippen molar-refractivity contribution in [3.8, 4) is 11.4 Å². The Morgan fingerprint density at radius 2 is 1.66 bits per heavy atom. The largest absolute Gasteiger partial charge is 0.416 e. The Kier molecular flexibility index (Phi) is 3.73. The van der Waals surface area contributed by atoms with Crippen LogP contribution in [-0.4, -0.2) is 19.9 Å². The summed E-state index contributed by atoms with van der Waals surface area (Å²) in [7, 11) is 0. The number of fused-ring (bicyclic) bond motifs is 5. The highest BCUT2D eigenvalue weighted by molar-refractivity contribution is 6.16. The smallest absolute Gasteiger partial charge is 0.354 e. The van der Waals surface area contributed by atoms with Crippen LogP contribution in [0.4, 0.5) is 13.2 Å². The number of hydrogen-bond donors (Lipinski definition) is 2. The number of pyridine rings is 1. The number of alkyl halides is 3. The predicted molar refractivity (Wildman–Crippen MR) is 121 cm³/mol. The van der Waals surface area contributed by atoms with Gasteiger partial charge < -0.3 is 9.97 Å². The van der Waals surface area contributed by atoms with Gasteiger partial charge in [-0.2, -0.15) is 13.2 Å². The molecule has 0 saturated heterocycles. The molecule has 4 nitrogen and oxygen atoms in total. The Balaban J connectivity index is 1.59. The van der Waals surface area contributed by atoms with Crippen LogP contribution in [0, 0.1) is 13.8 Å². The lowest BCUT2D eigenvalue weighted by Gasteiger charge is -2.08. The number of imidazole rings is 1. The van der Waals surface area contributed by atoms with Crippen LogP contribution < -0.4 is 0 Å². The van der Waals surface area contributed by atoms with Crippen molar-refractivity contribution in [2.24, 2.45) is 0 Å². The average Bonchev–Trinajstić information content (AvgIpc) is 3.37. The van der Waals surface area contributed by atoms with E-state index in [1.165, 1.54) is 6.07 Å². The number of aromatic nitrogens is 4. The topological polar surface area (TPSA) is 57.4 Å². The van der Waals surface area contributed by atoms with E-state index in [9.17, 15) is 13.2 Å². The molecule has 0 spiro atoms. The summed E-state index contributed by atoms with van der Waals surface area (Å²) < 4.78 is 39.2. The van der Waals surface area contributed by atoms with Crippen LogP contribution in [0.2, 0.25) is 0 Å². The lowest BCUT2D eigenvalue weighted by molar-refractivity contribution is -0.137. The van der Waals surface area contributed by atoms with E-state index in [1.807, 2.05) is 30.5 Å². The first-order chi connectivity index (χ1) is 15.3. The molecule has 0 saturated carbocycles. The number of aromatic amines is 2. The summed E-state index contributed by atoms with van der Waals surface area (Å²) in [6.45, 7) is 4.18. The van der Waals surface area contributed by atoms with Gasteiger partial charge in [-0.15, -0.1) is 0 Å². The average molecular weight is 430 g/mol. The van der Waals surface area contributed by atoms with E-state index in [1.54, 1.807) is 6.20 Å². The molecule has 0 bridgehead atoms. The summed E-state index contributed by atoms with van der Waals surface area (Å²) in [4.78, 5) is 15.4. The van der Waals surface area contributed by atoms with Gasteiger partial charge in [-0.3, -0.25) is 4.98 Å². The number of H-pyrrole nitrogens is 2. The molecule has 0 radical (unpaired) electrons. The van der Waals surface area contributed by atoms with Crippen LogP contribution in [0.25, 0.3) is 55.0 Å². The molecule has 6 aromatic rings. The molecular formula is C25H17F3N4. The minimum absolute atomic E-state index is 0.359. The number of nitrogens with one attached hydrogen (secondary N) is 2. The van der Waals surface area contributed by atoms with Gasteiger partial charge in [0.15, 0.2) is 0 Å². The Morgan fingerprint density at radius 3 is 2.47 bits per heavy atom. The molecule has 3 aromatic carbocycles. The van der Waals surface area contributed by atoms with Crippen LogP contribution in [0.3, 0.4) is 0 Å². The fraction of sp³-hybridized carbons (Fsp3) is 0.120. The zero-order valence-electron chi connectivity index (χ0n) is 17.2. The van der Waals surface area contributed by atoms with E-state index in [2.05, 4.69) is 33.8 Å². The summed E-state index contributed by atoms with van der Waals surface area (Å²) in [5, 5.41) is 4.43. The minimum atomic E-state index is -4.39. The highest BCUT2D eigenvalue weighted by Crippen LogP contribution is 2.38. The monoisotopic (exact) mass is 430 g/mol. The molecule has 0 aliphatic carbocycles. The highest BCUT2D eigenvalue weighted by Gasteiger charge is 2.30. The zero-order valence-corrected chi connectivity index (χ0v) is 17.2. The molecule has 7 heteroatoms. The lowest BCUT2D eigenvalue weighted by Crippen LogP contribution is -2.04. The van der Waals surface area contributed by atoms with E-state index in [0.717, 1.165) is 61.4 Å². The first kappa shape index (κ1) is 18.9. The molecule has 0 fully saturated rings. The van der Waals surface area contributed by atoms with Gasteiger partial charge in [0.2, 0.25) is 0 Å². The van der Waals surface area contributed by atoms with Crippen molar-refractivity contribution in [1.82, 2.24) is 19.9 Å². The number of aryl methyl sites for hydroxylation is 2. The molecular weight excluding hydrogens is 413 g/mol. The van der Waals surface area contributed by atoms with E-state index in [0.29, 0.717) is 16.9 Å². The molecule has 0 unspecified atom stereocenters. The van der Waals surface area contributed by atoms with E-state index < -0.39 is 11.7 Å². The van der Waals surface area contributed by atoms with E-state index >= 15 is 0 Å². The standard InChI is InChI=1S/C25H17F3N4/c1-12-18-11-29-8-7-16(18)13(2)23-22(12)17-9-14(3-5-19(17)30-23)24-31-20-6-4-15(25(26,27)28)10-21(20)32-24/h3-11,30H,1-2H3,(H,31,32). The third-order valence-corrected chi connectivity index (χ3v) is 6.26. The van der Waals surface area contributed by atoms with Gasteiger partial charge in [-0.05, 0) is 72.8 Å². The van der Waals surface area contributed by atoms with E-state index in [4.69, 9.17) is 0 Å². The van der Waals surface area contributed by atoms with E-state index in [-0.39, 0.29) is 0 Å². The quantitative estimate of drug-likeness (QED) is 0.294. The second-order valence-corrected chi connectivity index (χ2v) is 8.12. The van der Waals surface area contributed by atoms with Crippen LogP contribution in [-0.2, 0) is 6.18 Å². The fourth-order valence-electron chi connectivity index (χ4n) is 4.62. The van der Waals surface area contributed by atoms with Gasteiger partial charge in [0.25, 0.3) is 0 Å². The van der Waals surface area contributed by atoms with Crippen molar-refractivity contribution >= 4 is 43.6 Å². The first-order valence-corrected chi connectivity index (χ1v) is 10.2. The van der Waals surface area contributed by atoms with Gasteiger partial charge in [-0.25, -0.2) is 4.98 Å². The van der Waals surface area contributed by atoms with Crippen molar-refractivity contribution in [1.29, 1.82) is 0 Å².